The summed E-state index contributed by atoms with van der Waals surface area (Å²) < 4.78 is 0. The molecule has 2 saturated heterocycles. The maximum absolute atomic E-state index is 12.7. The summed E-state index contributed by atoms with van der Waals surface area (Å²) >= 11 is 2.06. The molecule has 0 amide bonds. The molecule has 3 heteroatoms. The van der Waals surface area contributed by atoms with Gasteiger partial charge in [-0.3, -0.25) is 4.79 Å². The van der Waals surface area contributed by atoms with Crippen molar-refractivity contribution in [1.82, 2.24) is 0 Å². The summed E-state index contributed by atoms with van der Waals surface area (Å²) in [5.74, 6) is 0.324. The lowest BCUT2D eigenvalue weighted by Gasteiger charge is -2.26. The Labute approximate surface area is 118 Å². The highest BCUT2D eigenvalue weighted by molar-refractivity contribution is 8.00. The number of carbonyl (C=O) groups excluding carboxylic acids is 1. The zero-order valence-corrected chi connectivity index (χ0v) is 11.9. The monoisotopic (exact) mass is 271 g/mol. The minimum atomic E-state index is 0.132. The minimum Gasteiger partial charge on any atom is -0.294 e. The molecular formula is C16H17NOS. The van der Waals surface area contributed by atoms with E-state index >= 15 is 0 Å². The van der Waals surface area contributed by atoms with Crippen LogP contribution in [0, 0.1) is 24.2 Å². The Morgan fingerprint density at radius 3 is 2.63 bits per heavy atom. The molecule has 2 atom stereocenters. The number of benzene rings is 1. The zero-order chi connectivity index (χ0) is 13.4. The summed E-state index contributed by atoms with van der Waals surface area (Å²) in [7, 11) is 0. The van der Waals surface area contributed by atoms with Gasteiger partial charge in [0.15, 0.2) is 5.78 Å². The van der Waals surface area contributed by atoms with Crippen LogP contribution in [0.25, 0.3) is 0 Å². The average Bonchev–Trinajstić information content (AvgIpc) is 2.76. The average molecular weight is 271 g/mol. The predicted octanol–water partition coefficient (Wildman–Crippen LogP) is 3.72. The van der Waals surface area contributed by atoms with Gasteiger partial charge in [0.05, 0.1) is 11.6 Å². The quantitative estimate of drug-likeness (QED) is 0.770. The molecule has 0 spiro atoms. The second-order valence-electron chi connectivity index (χ2n) is 5.65. The van der Waals surface area contributed by atoms with E-state index in [9.17, 15) is 4.79 Å². The highest BCUT2D eigenvalue weighted by Crippen LogP contribution is 2.46. The molecule has 1 aromatic carbocycles. The Kier molecular flexibility index (Phi) is 3.36. The van der Waals surface area contributed by atoms with Crippen LogP contribution in [0.1, 0.15) is 47.2 Å². The highest BCUT2D eigenvalue weighted by atomic mass is 32.2. The van der Waals surface area contributed by atoms with Crippen molar-refractivity contribution in [3.05, 3.63) is 34.9 Å². The van der Waals surface area contributed by atoms with E-state index in [1.54, 1.807) is 6.07 Å². The first-order valence-electron chi connectivity index (χ1n) is 6.88. The van der Waals surface area contributed by atoms with Crippen molar-refractivity contribution in [3.8, 4) is 6.07 Å². The van der Waals surface area contributed by atoms with Gasteiger partial charge in [0.25, 0.3) is 0 Å². The molecule has 0 aromatic heterocycles. The smallest absolute Gasteiger partial charge is 0.167 e. The molecule has 2 nitrogen and oxygen atoms in total. The number of carbonyl (C=O) groups is 1. The Morgan fingerprint density at radius 2 is 2.00 bits per heavy atom. The van der Waals surface area contributed by atoms with Crippen LogP contribution in [0.5, 0.6) is 0 Å². The van der Waals surface area contributed by atoms with Crippen LogP contribution in [-0.4, -0.2) is 16.3 Å². The third kappa shape index (κ3) is 2.42. The number of nitrogens with zero attached hydrogens (tertiary/aromatic N) is 1. The molecule has 0 N–H and O–H groups in total. The first kappa shape index (κ1) is 12.7. The van der Waals surface area contributed by atoms with Gasteiger partial charge in [-0.05, 0) is 44.7 Å². The van der Waals surface area contributed by atoms with Crippen LogP contribution >= 0.6 is 11.8 Å². The second kappa shape index (κ2) is 5.02. The normalized spacial score (nSPS) is 28.9. The van der Waals surface area contributed by atoms with Crippen LogP contribution < -0.4 is 0 Å². The molecule has 2 unspecified atom stereocenters. The summed E-state index contributed by atoms with van der Waals surface area (Å²) in [6, 6.07) is 7.71. The predicted molar refractivity (Wildman–Crippen MR) is 77.3 cm³/mol. The standard InChI is InChI=1S/C16H17NOS/c1-10-2-3-11(9-17)15(6-10)16(18)12-7-13-4-5-14(8-12)19-13/h2-3,6,12-14H,4-5,7-8H2,1H3. The van der Waals surface area contributed by atoms with Crippen molar-refractivity contribution < 1.29 is 4.79 Å². The van der Waals surface area contributed by atoms with Crippen LogP contribution in [0.2, 0.25) is 0 Å². The first-order chi connectivity index (χ1) is 9.17. The van der Waals surface area contributed by atoms with Crippen LogP contribution in [0.4, 0.5) is 0 Å². The number of hydrogen-bond acceptors (Lipinski definition) is 3. The first-order valence-corrected chi connectivity index (χ1v) is 7.82. The lowest BCUT2D eigenvalue weighted by atomic mass is 9.88. The van der Waals surface area contributed by atoms with Gasteiger partial charge in [-0.25, -0.2) is 0 Å². The highest BCUT2D eigenvalue weighted by Gasteiger charge is 2.38. The van der Waals surface area contributed by atoms with Gasteiger partial charge in [0.2, 0.25) is 0 Å². The van der Waals surface area contributed by atoms with Crippen LogP contribution in [0.3, 0.4) is 0 Å². The van der Waals surface area contributed by atoms with Crippen molar-refractivity contribution in [2.45, 2.75) is 43.1 Å². The van der Waals surface area contributed by atoms with Crippen LogP contribution in [0.15, 0.2) is 18.2 Å². The van der Waals surface area contributed by atoms with Gasteiger partial charge in [-0.2, -0.15) is 17.0 Å². The number of aryl methyl sites for hydroxylation is 1. The van der Waals surface area contributed by atoms with Gasteiger partial charge in [0.1, 0.15) is 0 Å². The fourth-order valence-electron chi connectivity index (χ4n) is 3.25. The van der Waals surface area contributed by atoms with Crippen molar-refractivity contribution in [2.75, 3.05) is 0 Å². The number of ketones is 1. The molecule has 2 bridgehead atoms. The number of hydrogen-bond donors (Lipinski definition) is 0. The number of fused-ring (bicyclic) bond motifs is 2. The number of nitriles is 1. The largest absolute Gasteiger partial charge is 0.294 e. The summed E-state index contributed by atoms with van der Waals surface area (Å²) in [6.07, 6.45) is 4.52. The van der Waals surface area contributed by atoms with E-state index < -0.39 is 0 Å². The fraction of sp³-hybridized carbons (Fsp3) is 0.500. The number of thioether (sulfide) groups is 1. The van der Waals surface area contributed by atoms with Crippen LogP contribution in [-0.2, 0) is 0 Å². The van der Waals surface area contributed by atoms with Crippen molar-refractivity contribution >= 4 is 17.5 Å². The lowest BCUT2D eigenvalue weighted by Crippen LogP contribution is -2.25. The maximum Gasteiger partial charge on any atom is 0.167 e. The van der Waals surface area contributed by atoms with Gasteiger partial charge < -0.3 is 0 Å². The fourth-order valence-corrected chi connectivity index (χ4v) is 5.03. The lowest BCUT2D eigenvalue weighted by molar-refractivity contribution is 0.0906. The number of rotatable bonds is 2. The summed E-state index contributed by atoms with van der Waals surface area (Å²) in [6.45, 7) is 1.97. The topological polar surface area (TPSA) is 40.9 Å². The molecule has 0 saturated carbocycles. The Balaban J connectivity index is 1.88. The van der Waals surface area contributed by atoms with Gasteiger partial charge in [-0.1, -0.05) is 11.6 Å². The summed E-state index contributed by atoms with van der Waals surface area (Å²) in [5, 5.41) is 10.5. The molecule has 3 rings (SSSR count). The van der Waals surface area contributed by atoms with Gasteiger partial charge in [-0.15, -0.1) is 0 Å². The SMILES string of the molecule is Cc1ccc(C#N)c(C(=O)C2CC3CCC(C2)S3)c1. The Hall–Kier alpha value is -1.27. The van der Waals surface area contributed by atoms with Gasteiger partial charge in [0, 0.05) is 22.0 Å². The van der Waals surface area contributed by atoms with E-state index in [1.165, 1.54) is 12.8 Å². The molecule has 2 aliphatic heterocycles. The molecule has 0 radical (unpaired) electrons. The zero-order valence-electron chi connectivity index (χ0n) is 11.1. The maximum atomic E-state index is 12.7. The Morgan fingerprint density at radius 1 is 1.32 bits per heavy atom. The molecule has 19 heavy (non-hydrogen) atoms. The third-order valence-electron chi connectivity index (χ3n) is 4.22. The van der Waals surface area contributed by atoms with E-state index in [0.29, 0.717) is 21.6 Å². The van der Waals surface area contributed by atoms with E-state index in [-0.39, 0.29) is 11.7 Å². The molecule has 1 aromatic rings. The van der Waals surface area contributed by atoms with E-state index in [4.69, 9.17) is 5.26 Å². The summed E-state index contributed by atoms with van der Waals surface area (Å²) in [4.78, 5) is 12.7. The molecule has 2 fully saturated rings. The van der Waals surface area contributed by atoms with E-state index in [0.717, 1.165) is 18.4 Å². The molecule has 2 aliphatic rings. The van der Waals surface area contributed by atoms with Crippen molar-refractivity contribution in [1.29, 1.82) is 5.26 Å². The third-order valence-corrected chi connectivity index (χ3v) is 5.85. The second-order valence-corrected chi connectivity index (χ2v) is 7.26. The van der Waals surface area contributed by atoms with E-state index in [2.05, 4.69) is 17.8 Å². The van der Waals surface area contributed by atoms with Crippen molar-refractivity contribution in [2.24, 2.45) is 5.92 Å². The van der Waals surface area contributed by atoms with Crippen molar-refractivity contribution in [3.63, 3.8) is 0 Å². The molecular weight excluding hydrogens is 254 g/mol. The molecule has 98 valence electrons. The minimum absolute atomic E-state index is 0.132. The molecule has 0 aliphatic carbocycles. The van der Waals surface area contributed by atoms with E-state index in [1.807, 2.05) is 19.1 Å². The molecule has 2 heterocycles. The Bertz CT molecular complexity index is 548. The van der Waals surface area contributed by atoms with Gasteiger partial charge >= 0.3 is 0 Å². The number of Topliss-reactive ketones (excluding diaryl/α,β-unsaturated/α-hetero) is 1. The summed E-state index contributed by atoms with van der Waals surface area (Å²) in [5.41, 5.74) is 2.22.